The average molecular weight is 425 g/mol. The third kappa shape index (κ3) is 4.61. The van der Waals surface area contributed by atoms with Gasteiger partial charge in [-0.05, 0) is 42.2 Å². The van der Waals surface area contributed by atoms with Crippen LogP contribution in [-0.4, -0.2) is 26.4 Å². The Morgan fingerprint density at radius 3 is 2.70 bits per heavy atom. The summed E-state index contributed by atoms with van der Waals surface area (Å²) in [7, 11) is 0. The number of nitrogens with zero attached hydrogens (tertiary/aromatic N) is 3. The Morgan fingerprint density at radius 2 is 2.00 bits per heavy atom. The molecule has 0 aliphatic heterocycles. The smallest absolute Gasteiger partial charge is 0.251 e. The number of rotatable bonds is 6. The van der Waals surface area contributed by atoms with Crippen LogP contribution in [0, 0.1) is 5.82 Å². The summed E-state index contributed by atoms with van der Waals surface area (Å²) in [5, 5.41) is 12.6. The minimum absolute atomic E-state index is 0.118. The molecule has 1 amide bonds. The van der Waals surface area contributed by atoms with Crippen LogP contribution in [0.5, 0.6) is 0 Å². The Labute approximate surface area is 169 Å². The number of benzene rings is 2. The van der Waals surface area contributed by atoms with Crippen LogP contribution < -0.4 is 5.32 Å². The first-order valence-electron chi connectivity index (χ1n) is 8.06. The van der Waals surface area contributed by atoms with E-state index in [0.717, 1.165) is 11.4 Å². The molecule has 0 radical (unpaired) electrons. The second kappa shape index (κ2) is 8.73. The molecule has 3 rings (SSSR count). The Bertz CT molecular complexity index is 980. The fourth-order valence-corrected chi connectivity index (χ4v) is 3.40. The maximum atomic E-state index is 13.3. The molecule has 0 aliphatic carbocycles. The Kier molecular flexibility index (Phi) is 6.36. The molecular formula is C18H15Cl2FN4OS. The van der Waals surface area contributed by atoms with Crippen molar-refractivity contribution < 1.29 is 9.18 Å². The van der Waals surface area contributed by atoms with Gasteiger partial charge in [0.2, 0.25) is 0 Å². The lowest BCUT2D eigenvalue weighted by molar-refractivity contribution is 0.0949. The van der Waals surface area contributed by atoms with Gasteiger partial charge in [-0.15, -0.1) is 10.2 Å². The summed E-state index contributed by atoms with van der Waals surface area (Å²) in [5.74, 6) is 0.454. The number of hydrogen-bond acceptors (Lipinski definition) is 4. The molecule has 140 valence electrons. The van der Waals surface area contributed by atoms with Gasteiger partial charge in [-0.3, -0.25) is 9.36 Å². The fourth-order valence-electron chi connectivity index (χ4n) is 2.41. The van der Waals surface area contributed by atoms with Gasteiger partial charge in [0.05, 0.1) is 22.3 Å². The molecule has 1 N–H and O–H groups in total. The van der Waals surface area contributed by atoms with Crippen LogP contribution in [0.15, 0.2) is 47.6 Å². The van der Waals surface area contributed by atoms with Gasteiger partial charge in [-0.25, -0.2) is 4.39 Å². The SMILES string of the molecule is CCSc1nnc(CNC(=O)c2cccc(F)c2)n1-c1ccc(Cl)c(Cl)c1. The molecule has 0 unspecified atom stereocenters. The molecule has 27 heavy (non-hydrogen) atoms. The second-order valence-corrected chi connectivity index (χ2v) is 7.50. The zero-order valence-electron chi connectivity index (χ0n) is 14.2. The van der Waals surface area contributed by atoms with Crippen molar-refractivity contribution in [2.45, 2.75) is 18.6 Å². The quantitative estimate of drug-likeness (QED) is 0.579. The monoisotopic (exact) mass is 424 g/mol. The van der Waals surface area contributed by atoms with Crippen molar-refractivity contribution in [3.8, 4) is 5.69 Å². The van der Waals surface area contributed by atoms with E-state index in [1.807, 2.05) is 11.5 Å². The Morgan fingerprint density at radius 1 is 1.19 bits per heavy atom. The number of hydrogen-bond donors (Lipinski definition) is 1. The van der Waals surface area contributed by atoms with Gasteiger partial charge in [-0.2, -0.15) is 0 Å². The van der Waals surface area contributed by atoms with E-state index >= 15 is 0 Å². The predicted molar refractivity (Wildman–Crippen MR) is 105 cm³/mol. The van der Waals surface area contributed by atoms with Crippen molar-refractivity contribution in [2.75, 3.05) is 5.75 Å². The number of thioether (sulfide) groups is 1. The lowest BCUT2D eigenvalue weighted by Crippen LogP contribution is -2.24. The van der Waals surface area contributed by atoms with E-state index in [9.17, 15) is 9.18 Å². The molecule has 0 aliphatic rings. The van der Waals surface area contributed by atoms with E-state index < -0.39 is 11.7 Å². The first-order chi connectivity index (χ1) is 13.0. The lowest BCUT2D eigenvalue weighted by atomic mass is 10.2. The van der Waals surface area contributed by atoms with Crippen molar-refractivity contribution in [1.82, 2.24) is 20.1 Å². The van der Waals surface area contributed by atoms with E-state index in [2.05, 4.69) is 15.5 Å². The maximum Gasteiger partial charge on any atom is 0.251 e. The van der Waals surface area contributed by atoms with Crippen molar-refractivity contribution in [3.63, 3.8) is 0 Å². The summed E-state index contributed by atoms with van der Waals surface area (Å²) >= 11 is 13.6. The molecule has 0 fully saturated rings. The standard InChI is InChI=1S/C18H15Cl2FN4OS/c1-2-27-18-24-23-16(25(18)13-6-7-14(19)15(20)9-13)10-22-17(26)11-4-3-5-12(21)8-11/h3-9H,2,10H2,1H3,(H,22,26). The van der Waals surface area contributed by atoms with Crippen LogP contribution in [0.4, 0.5) is 4.39 Å². The summed E-state index contributed by atoms with van der Waals surface area (Å²) in [5.41, 5.74) is 0.971. The molecule has 0 saturated heterocycles. The van der Waals surface area contributed by atoms with Crippen molar-refractivity contribution >= 4 is 40.9 Å². The number of amides is 1. The summed E-state index contributed by atoms with van der Waals surface area (Å²) in [6.45, 7) is 2.12. The minimum Gasteiger partial charge on any atom is -0.345 e. The van der Waals surface area contributed by atoms with Gasteiger partial charge < -0.3 is 5.32 Å². The van der Waals surface area contributed by atoms with Crippen LogP contribution in [-0.2, 0) is 6.54 Å². The number of carbonyl (C=O) groups excluding carboxylic acids is 1. The van der Waals surface area contributed by atoms with E-state index in [1.54, 1.807) is 24.3 Å². The molecule has 1 heterocycles. The van der Waals surface area contributed by atoms with Crippen LogP contribution in [0.25, 0.3) is 5.69 Å². The third-order valence-electron chi connectivity index (χ3n) is 3.63. The van der Waals surface area contributed by atoms with Gasteiger partial charge in [0.1, 0.15) is 5.82 Å². The van der Waals surface area contributed by atoms with Crippen molar-refractivity contribution in [3.05, 3.63) is 69.7 Å². The first kappa shape index (κ1) is 19.7. The van der Waals surface area contributed by atoms with Crippen LogP contribution in [0.3, 0.4) is 0 Å². The van der Waals surface area contributed by atoms with E-state index in [0.29, 0.717) is 21.0 Å². The predicted octanol–water partition coefficient (Wildman–Crippen LogP) is 4.76. The highest BCUT2D eigenvalue weighted by Gasteiger charge is 2.16. The average Bonchev–Trinajstić information content (AvgIpc) is 3.05. The van der Waals surface area contributed by atoms with E-state index in [1.165, 1.54) is 30.0 Å². The Hall–Kier alpha value is -2.09. The maximum absolute atomic E-state index is 13.3. The summed E-state index contributed by atoms with van der Waals surface area (Å²) in [6.07, 6.45) is 0. The normalized spacial score (nSPS) is 10.8. The minimum atomic E-state index is -0.469. The van der Waals surface area contributed by atoms with Crippen LogP contribution in [0.2, 0.25) is 10.0 Å². The number of halogens is 3. The topological polar surface area (TPSA) is 59.8 Å². The van der Waals surface area contributed by atoms with Crippen molar-refractivity contribution in [1.29, 1.82) is 0 Å². The van der Waals surface area contributed by atoms with Gasteiger partial charge in [0.15, 0.2) is 11.0 Å². The summed E-state index contributed by atoms with van der Waals surface area (Å²) in [6, 6.07) is 10.7. The highest BCUT2D eigenvalue weighted by molar-refractivity contribution is 7.99. The molecule has 3 aromatic rings. The third-order valence-corrected chi connectivity index (χ3v) is 5.18. The second-order valence-electron chi connectivity index (χ2n) is 5.46. The molecule has 2 aromatic carbocycles. The first-order valence-corrected chi connectivity index (χ1v) is 9.80. The molecule has 5 nitrogen and oxygen atoms in total. The van der Waals surface area contributed by atoms with Gasteiger partial charge in [-0.1, -0.05) is 48.0 Å². The lowest BCUT2D eigenvalue weighted by Gasteiger charge is -2.11. The van der Waals surface area contributed by atoms with E-state index in [4.69, 9.17) is 23.2 Å². The van der Waals surface area contributed by atoms with Gasteiger partial charge in [0.25, 0.3) is 5.91 Å². The largest absolute Gasteiger partial charge is 0.345 e. The number of aromatic nitrogens is 3. The molecule has 9 heteroatoms. The van der Waals surface area contributed by atoms with Crippen molar-refractivity contribution in [2.24, 2.45) is 0 Å². The number of carbonyl (C=O) groups is 1. The zero-order chi connectivity index (χ0) is 19.4. The van der Waals surface area contributed by atoms with E-state index in [-0.39, 0.29) is 12.1 Å². The molecule has 0 saturated carbocycles. The molecule has 0 bridgehead atoms. The van der Waals surface area contributed by atoms with Gasteiger partial charge in [0, 0.05) is 5.56 Å². The summed E-state index contributed by atoms with van der Waals surface area (Å²) < 4.78 is 15.1. The van der Waals surface area contributed by atoms with Crippen LogP contribution in [0.1, 0.15) is 23.1 Å². The highest BCUT2D eigenvalue weighted by atomic mass is 35.5. The van der Waals surface area contributed by atoms with Crippen LogP contribution >= 0.6 is 35.0 Å². The Balaban J connectivity index is 1.87. The van der Waals surface area contributed by atoms with Gasteiger partial charge >= 0.3 is 0 Å². The summed E-state index contributed by atoms with van der Waals surface area (Å²) in [4.78, 5) is 12.3. The number of nitrogens with one attached hydrogen (secondary N) is 1. The molecule has 0 atom stereocenters. The highest BCUT2D eigenvalue weighted by Crippen LogP contribution is 2.28. The fraction of sp³-hybridized carbons (Fsp3) is 0.167. The molecular weight excluding hydrogens is 410 g/mol. The molecule has 1 aromatic heterocycles. The molecule has 0 spiro atoms. The zero-order valence-corrected chi connectivity index (χ0v) is 16.6.